The molecule has 0 atom stereocenters. The third-order valence-electron chi connectivity index (χ3n) is 1.48. The van der Waals surface area contributed by atoms with Crippen LogP contribution < -0.4 is 0 Å². The van der Waals surface area contributed by atoms with Gasteiger partial charge < -0.3 is 4.42 Å². The molecule has 2 heterocycles. The average molecular weight is 137 g/mol. The number of hydrogen-bond donors (Lipinski definition) is 0. The summed E-state index contributed by atoms with van der Waals surface area (Å²) >= 11 is 0. The molecule has 0 aliphatic carbocycles. The first-order valence-electron chi connectivity index (χ1n) is 3.02. The highest BCUT2D eigenvalue weighted by atomic mass is 16.3. The number of hydrogen-bond acceptors (Lipinski definition) is 3. The van der Waals surface area contributed by atoms with Crippen molar-refractivity contribution in [3.63, 3.8) is 0 Å². The van der Waals surface area contributed by atoms with Crippen molar-refractivity contribution < 1.29 is 4.42 Å². The molecule has 0 saturated carbocycles. The number of aromatic nitrogens is 3. The summed E-state index contributed by atoms with van der Waals surface area (Å²) in [4.78, 5) is 3.97. The van der Waals surface area contributed by atoms with Crippen LogP contribution in [0.1, 0.15) is 5.69 Å². The van der Waals surface area contributed by atoms with E-state index in [-0.39, 0.29) is 0 Å². The van der Waals surface area contributed by atoms with Crippen molar-refractivity contribution in [3.05, 3.63) is 12.1 Å². The molecule has 0 fully saturated rings. The van der Waals surface area contributed by atoms with Crippen LogP contribution in [-0.4, -0.2) is 14.8 Å². The Morgan fingerprint density at radius 3 is 3.10 bits per heavy atom. The lowest BCUT2D eigenvalue weighted by Crippen LogP contribution is -1.89. The van der Waals surface area contributed by atoms with Gasteiger partial charge in [-0.05, 0) is 6.92 Å². The van der Waals surface area contributed by atoms with Crippen molar-refractivity contribution in [2.45, 2.75) is 6.92 Å². The molecule has 0 N–H and O–H groups in total. The van der Waals surface area contributed by atoms with Crippen LogP contribution in [0.4, 0.5) is 0 Å². The van der Waals surface area contributed by atoms with E-state index >= 15 is 0 Å². The van der Waals surface area contributed by atoms with Gasteiger partial charge in [0.05, 0.1) is 0 Å². The molecule has 0 aliphatic rings. The SMILES string of the molecule is Cc1nn(C)c2ncoc12. The Hall–Kier alpha value is -1.32. The van der Waals surface area contributed by atoms with E-state index in [1.165, 1.54) is 6.39 Å². The molecule has 2 rings (SSSR count). The highest BCUT2D eigenvalue weighted by Crippen LogP contribution is 2.13. The molecule has 0 amide bonds. The van der Waals surface area contributed by atoms with E-state index in [0.717, 1.165) is 16.9 Å². The van der Waals surface area contributed by atoms with Gasteiger partial charge in [0.1, 0.15) is 5.69 Å². The molecular formula is C6H7N3O. The summed E-state index contributed by atoms with van der Waals surface area (Å²) in [7, 11) is 1.85. The third kappa shape index (κ3) is 0.504. The van der Waals surface area contributed by atoms with Crippen LogP contribution in [0.2, 0.25) is 0 Å². The Bertz CT molecular complexity index is 328. The van der Waals surface area contributed by atoms with Gasteiger partial charge in [-0.3, -0.25) is 0 Å². The lowest BCUT2D eigenvalue weighted by molar-refractivity contribution is 0.597. The van der Waals surface area contributed by atoms with Gasteiger partial charge in [0.2, 0.25) is 0 Å². The number of aryl methyl sites for hydroxylation is 2. The normalized spacial score (nSPS) is 11.0. The molecular weight excluding hydrogens is 130 g/mol. The Labute approximate surface area is 57.5 Å². The molecule has 0 saturated heterocycles. The third-order valence-corrected chi connectivity index (χ3v) is 1.48. The van der Waals surface area contributed by atoms with E-state index in [9.17, 15) is 0 Å². The van der Waals surface area contributed by atoms with Gasteiger partial charge in [-0.15, -0.1) is 0 Å². The summed E-state index contributed by atoms with van der Waals surface area (Å²) in [5, 5.41) is 4.11. The van der Waals surface area contributed by atoms with Crippen LogP contribution in [0, 0.1) is 6.92 Å². The van der Waals surface area contributed by atoms with Crippen molar-refractivity contribution >= 4 is 11.2 Å². The molecule has 0 radical (unpaired) electrons. The molecule has 0 aromatic carbocycles. The Morgan fingerprint density at radius 1 is 1.60 bits per heavy atom. The van der Waals surface area contributed by atoms with Gasteiger partial charge in [0.15, 0.2) is 17.6 Å². The lowest BCUT2D eigenvalue weighted by atomic mass is 10.5. The summed E-state index contributed by atoms with van der Waals surface area (Å²) in [5.74, 6) is 0. The summed E-state index contributed by atoms with van der Waals surface area (Å²) in [6.45, 7) is 1.90. The minimum Gasteiger partial charge on any atom is -0.440 e. The van der Waals surface area contributed by atoms with Gasteiger partial charge in [0, 0.05) is 7.05 Å². The predicted octanol–water partition coefficient (Wildman–Crippen LogP) is 0.870. The summed E-state index contributed by atoms with van der Waals surface area (Å²) in [6.07, 6.45) is 1.43. The maximum absolute atomic E-state index is 5.08. The molecule has 4 nitrogen and oxygen atoms in total. The van der Waals surface area contributed by atoms with Crippen LogP contribution in [-0.2, 0) is 7.05 Å². The van der Waals surface area contributed by atoms with E-state index in [1.807, 2.05) is 14.0 Å². The Morgan fingerprint density at radius 2 is 2.40 bits per heavy atom. The van der Waals surface area contributed by atoms with E-state index in [4.69, 9.17) is 4.42 Å². The van der Waals surface area contributed by atoms with Crippen molar-refractivity contribution in [1.82, 2.24) is 14.8 Å². The molecule has 10 heavy (non-hydrogen) atoms. The molecule has 2 aromatic rings. The van der Waals surface area contributed by atoms with Crippen LogP contribution in [0.25, 0.3) is 11.2 Å². The zero-order valence-corrected chi connectivity index (χ0v) is 5.83. The zero-order valence-electron chi connectivity index (χ0n) is 5.83. The maximum Gasteiger partial charge on any atom is 0.197 e. The molecule has 4 heteroatoms. The average Bonchev–Trinajstić information content (AvgIpc) is 2.39. The minimum atomic E-state index is 0.780. The van der Waals surface area contributed by atoms with Gasteiger partial charge in [0.25, 0.3) is 0 Å². The number of fused-ring (bicyclic) bond motifs is 1. The summed E-state index contributed by atoms with van der Waals surface area (Å²) in [6, 6.07) is 0. The predicted molar refractivity (Wildman–Crippen MR) is 35.5 cm³/mol. The fourth-order valence-corrected chi connectivity index (χ4v) is 1.04. The second-order valence-corrected chi connectivity index (χ2v) is 2.21. The molecule has 52 valence electrons. The number of oxazole rings is 1. The van der Waals surface area contributed by atoms with Crippen LogP contribution in [0.3, 0.4) is 0 Å². The second-order valence-electron chi connectivity index (χ2n) is 2.21. The van der Waals surface area contributed by atoms with E-state index in [1.54, 1.807) is 4.68 Å². The first kappa shape index (κ1) is 5.46. The lowest BCUT2D eigenvalue weighted by Gasteiger charge is -1.82. The highest BCUT2D eigenvalue weighted by molar-refractivity contribution is 5.70. The van der Waals surface area contributed by atoms with Crippen LogP contribution >= 0.6 is 0 Å². The van der Waals surface area contributed by atoms with E-state index < -0.39 is 0 Å². The van der Waals surface area contributed by atoms with Gasteiger partial charge in [-0.25, -0.2) is 4.68 Å². The quantitative estimate of drug-likeness (QED) is 0.541. The summed E-state index contributed by atoms with van der Waals surface area (Å²) < 4.78 is 6.78. The minimum absolute atomic E-state index is 0.780. The first-order valence-corrected chi connectivity index (χ1v) is 3.02. The first-order chi connectivity index (χ1) is 4.79. The molecule has 0 aliphatic heterocycles. The van der Waals surface area contributed by atoms with Crippen LogP contribution in [0.5, 0.6) is 0 Å². The largest absolute Gasteiger partial charge is 0.440 e. The monoisotopic (exact) mass is 137 g/mol. The fraction of sp³-hybridized carbons (Fsp3) is 0.333. The fourth-order valence-electron chi connectivity index (χ4n) is 1.04. The smallest absolute Gasteiger partial charge is 0.197 e. The van der Waals surface area contributed by atoms with E-state index in [0.29, 0.717) is 0 Å². The van der Waals surface area contributed by atoms with Crippen molar-refractivity contribution in [2.24, 2.45) is 7.05 Å². The Kier molecular flexibility index (Phi) is 0.869. The number of nitrogens with zero attached hydrogens (tertiary/aromatic N) is 3. The van der Waals surface area contributed by atoms with Gasteiger partial charge in [-0.2, -0.15) is 10.1 Å². The van der Waals surface area contributed by atoms with Crippen molar-refractivity contribution in [3.8, 4) is 0 Å². The topological polar surface area (TPSA) is 43.9 Å². The summed E-state index contributed by atoms with van der Waals surface area (Å²) in [5.41, 5.74) is 2.47. The molecule has 0 bridgehead atoms. The Balaban J connectivity index is 2.98. The maximum atomic E-state index is 5.08. The molecule has 2 aromatic heterocycles. The van der Waals surface area contributed by atoms with Crippen molar-refractivity contribution in [1.29, 1.82) is 0 Å². The zero-order chi connectivity index (χ0) is 7.14. The van der Waals surface area contributed by atoms with Gasteiger partial charge >= 0.3 is 0 Å². The molecule has 0 unspecified atom stereocenters. The number of rotatable bonds is 0. The molecule has 0 spiro atoms. The van der Waals surface area contributed by atoms with E-state index in [2.05, 4.69) is 10.1 Å². The van der Waals surface area contributed by atoms with Crippen molar-refractivity contribution in [2.75, 3.05) is 0 Å². The second kappa shape index (κ2) is 1.59. The van der Waals surface area contributed by atoms with Crippen LogP contribution in [0.15, 0.2) is 10.8 Å². The highest BCUT2D eigenvalue weighted by Gasteiger charge is 2.07. The van der Waals surface area contributed by atoms with Gasteiger partial charge in [-0.1, -0.05) is 0 Å². The standard InChI is InChI=1S/C6H7N3O/c1-4-5-6(7-3-10-5)9(2)8-4/h3H,1-2H3.